The number of carboxylic acids is 1. The van der Waals surface area contributed by atoms with Crippen LogP contribution in [0.15, 0.2) is 0 Å². The van der Waals surface area contributed by atoms with Gasteiger partial charge in [0.05, 0.1) is 0 Å². The van der Waals surface area contributed by atoms with Gasteiger partial charge in [-0.15, -0.1) is 0 Å². The molecule has 0 aliphatic heterocycles. The van der Waals surface area contributed by atoms with Gasteiger partial charge in [0, 0.05) is 30.6 Å². The molecule has 0 bridgehead atoms. The minimum atomic E-state index is -0.838. The van der Waals surface area contributed by atoms with E-state index in [0.29, 0.717) is 31.6 Å². The Hall–Kier alpha value is -1.52. The topological polar surface area (TPSA) is 88.5 Å². The maximum atomic E-state index is 13.0. The van der Waals surface area contributed by atoms with Crippen LogP contribution in [0.2, 0.25) is 0 Å². The lowest BCUT2D eigenvalue weighted by molar-refractivity contribution is -0.161. The molecule has 3 saturated carbocycles. The van der Waals surface area contributed by atoms with E-state index in [2.05, 4.69) is 6.92 Å². The summed E-state index contributed by atoms with van der Waals surface area (Å²) in [5, 5.41) is 9.60. The van der Waals surface area contributed by atoms with Gasteiger partial charge in [0.1, 0.15) is 17.3 Å². The van der Waals surface area contributed by atoms with Gasteiger partial charge in [0.15, 0.2) is 0 Å². The Labute approximate surface area is 167 Å². The molecule has 156 valence electrons. The fourth-order valence-electron chi connectivity index (χ4n) is 7.53. The molecule has 5 heteroatoms. The molecule has 1 unspecified atom stereocenters. The molecule has 3 aliphatic carbocycles. The molecule has 3 aliphatic rings. The number of hydrogen-bond acceptors (Lipinski definition) is 4. The Bertz CT molecular complexity index is 697. The van der Waals surface area contributed by atoms with Gasteiger partial charge >= 0.3 is 5.97 Å². The number of carboxylic acid groups (broad SMARTS) is 1. The van der Waals surface area contributed by atoms with Crippen molar-refractivity contribution < 1.29 is 24.3 Å². The summed E-state index contributed by atoms with van der Waals surface area (Å²) in [7, 11) is 0. The van der Waals surface area contributed by atoms with E-state index < -0.39 is 11.4 Å². The molecule has 0 spiro atoms. The van der Waals surface area contributed by atoms with E-state index in [0.717, 1.165) is 19.3 Å². The lowest BCUT2D eigenvalue weighted by Crippen LogP contribution is -2.56. The molecule has 0 aromatic rings. The summed E-state index contributed by atoms with van der Waals surface area (Å²) >= 11 is 0. The zero-order valence-corrected chi connectivity index (χ0v) is 17.6. The van der Waals surface area contributed by atoms with Crippen LogP contribution in [0.5, 0.6) is 0 Å². The maximum Gasteiger partial charge on any atom is 0.303 e. The molecular formula is C23H34O5. The minimum absolute atomic E-state index is 0.00384. The van der Waals surface area contributed by atoms with Gasteiger partial charge in [-0.2, -0.15) is 0 Å². The van der Waals surface area contributed by atoms with Crippen molar-refractivity contribution in [3.63, 3.8) is 0 Å². The second kappa shape index (κ2) is 7.38. The van der Waals surface area contributed by atoms with Crippen LogP contribution in [-0.2, 0) is 19.2 Å². The van der Waals surface area contributed by atoms with Crippen molar-refractivity contribution in [1.29, 1.82) is 0 Å². The van der Waals surface area contributed by atoms with E-state index >= 15 is 0 Å². The molecule has 3 fully saturated rings. The van der Waals surface area contributed by atoms with E-state index in [1.54, 1.807) is 13.8 Å². The molecule has 0 aromatic carbocycles. The lowest BCUT2D eigenvalue weighted by atomic mass is 9.44. The maximum absolute atomic E-state index is 13.0. The molecule has 28 heavy (non-hydrogen) atoms. The number of ketones is 3. The number of rotatable bonds is 6. The third kappa shape index (κ3) is 3.35. The number of carbonyl (C=O) groups excluding carboxylic acids is 3. The molecule has 5 nitrogen and oxygen atoms in total. The van der Waals surface area contributed by atoms with E-state index in [9.17, 15) is 24.3 Å². The molecule has 1 N–H and O–H groups in total. The van der Waals surface area contributed by atoms with Crippen molar-refractivity contribution >= 4 is 23.3 Å². The number of Topliss-reactive ketones (excluding diaryl/α,β-unsaturated/α-hetero) is 3. The average Bonchev–Trinajstić information content (AvgIpc) is 2.92. The van der Waals surface area contributed by atoms with Crippen molar-refractivity contribution in [2.24, 2.45) is 40.4 Å². The average molecular weight is 391 g/mol. The number of aliphatic carboxylic acids is 1. The normalized spacial score (nSPS) is 42.6. The van der Waals surface area contributed by atoms with Gasteiger partial charge in [0.2, 0.25) is 0 Å². The highest BCUT2D eigenvalue weighted by molar-refractivity contribution is 5.87. The Morgan fingerprint density at radius 1 is 1.11 bits per heavy atom. The van der Waals surface area contributed by atoms with E-state index in [4.69, 9.17) is 0 Å². The number of carbonyl (C=O) groups is 4. The highest BCUT2D eigenvalue weighted by Crippen LogP contribution is 2.66. The van der Waals surface area contributed by atoms with Crippen LogP contribution in [0, 0.1) is 40.4 Å². The van der Waals surface area contributed by atoms with Crippen molar-refractivity contribution in [2.75, 3.05) is 0 Å². The first-order valence-electron chi connectivity index (χ1n) is 10.8. The first-order valence-corrected chi connectivity index (χ1v) is 10.8. The quantitative estimate of drug-likeness (QED) is 0.738. The number of fused-ring (bicyclic) bond motifs is 3. The molecule has 7 atom stereocenters. The van der Waals surface area contributed by atoms with Crippen molar-refractivity contribution in [3.05, 3.63) is 0 Å². The van der Waals surface area contributed by atoms with Crippen molar-refractivity contribution in [2.45, 2.75) is 79.1 Å². The second-order valence-electron chi connectivity index (χ2n) is 10.2. The molecule has 0 amide bonds. The zero-order valence-electron chi connectivity index (χ0n) is 17.6. The summed E-state index contributed by atoms with van der Waals surface area (Å²) in [5.74, 6) is 0.134. The predicted molar refractivity (Wildman–Crippen MR) is 105 cm³/mol. The van der Waals surface area contributed by atoms with Crippen LogP contribution in [0.3, 0.4) is 0 Å². The van der Waals surface area contributed by atoms with E-state index in [1.165, 1.54) is 0 Å². The molecule has 0 saturated heterocycles. The van der Waals surface area contributed by atoms with Gasteiger partial charge in [-0.05, 0) is 75.0 Å². The Kier molecular flexibility index (Phi) is 5.59. The largest absolute Gasteiger partial charge is 0.481 e. The van der Waals surface area contributed by atoms with E-state index in [1.807, 2.05) is 6.92 Å². The Morgan fingerprint density at radius 3 is 2.36 bits per heavy atom. The first-order chi connectivity index (χ1) is 13.0. The monoisotopic (exact) mass is 390 g/mol. The van der Waals surface area contributed by atoms with Crippen LogP contribution in [-0.4, -0.2) is 28.4 Å². The SMILES string of the molecule is CC(=O)CC[C@@]1(C)C(=O)CC[C@H]2[C@@H]3CC[C@H](C(C)=O)[C@@]3(C)CC(CC(=O)O)[C@@H]21. The smallest absolute Gasteiger partial charge is 0.303 e. The standard InChI is InChI=1S/C23H34O5/c1-13(24)9-10-22(3)19(26)8-5-16-18-7-6-17(14(2)25)23(18,4)12-15(21(16)22)11-20(27)28/h15-18,21H,5-12H2,1-4H3,(H,27,28)/t15?,16-,17+,18-,21-,22-,23+/m0/s1. The molecule has 0 heterocycles. The second-order valence-corrected chi connectivity index (χ2v) is 10.2. The van der Waals surface area contributed by atoms with Crippen LogP contribution in [0.25, 0.3) is 0 Å². The molecule has 0 radical (unpaired) electrons. The van der Waals surface area contributed by atoms with Crippen LogP contribution < -0.4 is 0 Å². The van der Waals surface area contributed by atoms with Gasteiger partial charge in [-0.3, -0.25) is 14.4 Å². The van der Waals surface area contributed by atoms with Crippen molar-refractivity contribution in [1.82, 2.24) is 0 Å². The van der Waals surface area contributed by atoms with Gasteiger partial charge < -0.3 is 9.90 Å². The fraction of sp³-hybridized carbons (Fsp3) is 0.826. The van der Waals surface area contributed by atoms with Gasteiger partial charge in [-0.25, -0.2) is 0 Å². The summed E-state index contributed by atoms with van der Waals surface area (Å²) in [6.07, 6.45) is 4.76. The molecular weight excluding hydrogens is 356 g/mol. The summed E-state index contributed by atoms with van der Waals surface area (Å²) in [6, 6.07) is 0. The minimum Gasteiger partial charge on any atom is -0.481 e. The van der Waals surface area contributed by atoms with E-state index in [-0.39, 0.29) is 52.9 Å². The summed E-state index contributed by atoms with van der Waals surface area (Å²) in [4.78, 5) is 48.8. The summed E-state index contributed by atoms with van der Waals surface area (Å²) in [5.41, 5.74) is -0.806. The highest BCUT2D eigenvalue weighted by atomic mass is 16.4. The Balaban J connectivity index is 2.02. The molecule has 3 rings (SSSR count). The first kappa shape index (κ1) is 21.2. The van der Waals surface area contributed by atoms with Gasteiger partial charge in [0.25, 0.3) is 0 Å². The van der Waals surface area contributed by atoms with Crippen LogP contribution >= 0.6 is 0 Å². The summed E-state index contributed by atoms with van der Waals surface area (Å²) in [6.45, 7) is 7.38. The van der Waals surface area contributed by atoms with Crippen molar-refractivity contribution in [3.8, 4) is 0 Å². The molecule has 0 aromatic heterocycles. The third-order valence-corrected chi connectivity index (χ3v) is 8.60. The third-order valence-electron chi connectivity index (χ3n) is 8.60. The van der Waals surface area contributed by atoms with Crippen LogP contribution in [0.1, 0.15) is 79.1 Å². The number of hydrogen-bond donors (Lipinski definition) is 1. The Morgan fingerprint density at radius 2 is 1.79 bits per heavy atom. The lowest BCUT2D eigenvalue weighted by Gasteiger charge is -2.58. The van der Waals surface area contributed by atoms with Crippen LogP contribution in [0.4, 0.5) is 0 Å². The fourth-order valence-corrected chi connectivity index (χ4v) is 7.53. The van der Waals surface area contributed by atoms with Gasteiger partial charge in [-0.1, -0.05) is 13.8 Å². The highest BCUT2D eigenvalue weighted by Gasteiger charge is 2.63. The summed E-state index contributed by atoms with van der Waals surface area (Å²) < 4.78 is 0. The zero-order chi connectivity index (χ0) is 20.9. The predicted octanol–water partition coefficient (Wildman–Crippen LogP) is 4.07.